The Labute approximate surface area is 175 Å². The minimum absolute atomic E-state index is 0.00203. The number of unbranched alkanes of at least 4 members (excludes halogenated alkanes) is 1. The highest BCUT2D eigenvalue weighted by molar-refractivity contribution is 5.78. The SMILES string of the molecule is CCCCn1c(=O)[nH]c2c(c1=O)Cc1c([nH]c(=O)[nH]c1=O)N2c1ccc(CCO)cc1. The van der Waals surface area contributed by atoms with E-state index in [9.17, 15) is 19.2 Å². The average molecular weight is 425 g/mol. The summed E-state index contributed by atoms with van der Waals surface area (Å²) in [6, 6.07) is 7.07. The lowest BCUT2D eigenvalue weighted by molar-refractivity contribution is 0.299. The van der Waals surface area contributed by atoms with Gasteiger partial charge in [0.15, 0.2) is 0 Å². The van der Waals surface area contributed by atoms with Crippen molar-refractivity contribution in [3.8, 4) is 0 Å². The van der Waals surface area contributed by atoms with Crippen LogP contribution < -0.4 is 27.4 Å². The summed E-state index contributed by atoms with van der Waals surface area (Å²) in [5, 5.41) is 9.14. The number of nitrogens with one attached hydrogen (secondary N) is 3. The number of hydrogen-bond acceptors (Lipinski definition) is 6. The average Bonchev–Trinajstić information content (AvgIpc) is 2.74. The lowest BCUT2D eigenvalue weighted by Gasteiger charge is -2.31. The molecule has 10 heteroatoms. The molecule has 0 fully saturated rings. The zero-order chi connectivity index (χ0) is 22.1. The smallest absolute Gasteiger partial charge is 0.329 e. The fourth-order valence-electron chi connectivity index (χ4n) is 3.81. The van der Waals surface area contributed by atoms with Gasteiger partial charge in [0.05, 0.1) is 11.1 Å². The molecule has 0 saturated carbocycles. The summed E-state index contributed by atoms with van der Waals surface area (Å²) in [4.78, 5) is 59.5. The third kappa shape index (κ3) is 3.66. The molecule has 0 spiro atoms. The predicted octanol–water partition coefficient (Wildman–Crippen LogP) is 0.622. The summed E-state index contributed by atoms with van der Waals surface area (Å²) < 4.78 is 1.15. The van der Waals surface area contributed by atoms with Crippen molar-refractivity contribution in [1.29, 1.82) is 0 Å². The van der Waals surface area contributed by atoms with E-state index in [1.807, 2.05) is 6.92 Å². The van der Waals surface area contributed by atoms with Gasteiger partial charge in [-0.3, -0.25) is 34.0 Å². The molecule has 1 aliphatic heterocycles. The zero-order valence-electron chi connectivity index (χ0n) is 17.0. The Morgan fingerprint density at radius 2 is 1.68 bits per heavy atom. The summed E-state index contributed by atoms with van der Waals surface area (Å²) in [5.41, 5.74) is -0.319. The van der Waals surface area contributed by atoms with Gasteiger partial charge in [0.25, 0.3) is 11.1 Å². The molecule has 3 aromatic rings. The molecule has 10 nitrogen and oxygen atoms in total. The number of anilines is 3. The van der Waals surface area contributed by atoms with Gasteiger partial charge < -0.3 is 5.11 Å². The van der Waals surface area contributed by atoms with Gasteiger partial charge in [-0.25, -0.2) is 9.59 Å². The van der Waals surface area contributed by atoms with Crippen LogP contribution in [0.15, 0.2) is 43.4 Å². The van der Waals surface area contributed by atoms with E-state index >= 15 is 0 Å². The highest BCUT2D eigenvalue weighted by Gasteiger charge is 2.31. The molecule has 4 N–H and O–H groups in total. The van der Waals surface area contributed by atoms with Crippen molar-refractivity contribution >= 4 is 17.3 Å². The van der Waals surface area contributed by atoms with Crippen LogP contribution in [0.3, 0.4) is 0 Å². The molecule has 2 aromatic heterocycles. The van der Waals surface area contributed by atoms with E-state index in [1.54, 1.807) is 24.3 Å². The largest absolute Gasteiger partial charge is 0.396 e. The van der Waals surface area contributed by atoms with Crippen LogP contribution in [0.4, 0.5) is 17.3 Å². The summed E-state index contributed by atoms with van der Waals surface area (Å²) in [7, 11) is 0. The standard InChI is InChI=1S/C21H23N5O5/c1-2-3-9-25-19(29)15-11-14-16(22-20(30)24-18(14)28)26(17(15)23-21(25)31)13-6-4-12(5-7-13)8-10-27/h4-7,27H,2-3,8-11H2,1H3,(H,23,31)(H2,22,24,28,30). The van der Waals surface area contributed by atoms with Crippen LogP contribution in [-0.2, 0) is 19.4 Å². The van der Waals surface area contributed by atoms with E-state index in [0.717, 1.165) is 16.6 Å². The molecule has 31 heavy (non-hydrogen) atoms. The van der Waals surface area contributed by atoms with Crippen molar-refractivity contribution in [2.75, 3.05) is 11.5 Å². The molecule has 3 heterocycles. The molecule has 162 valence electrons. The molecular formula is C21H23N5O5. The van der Waals surface area contributed by atoms with E-state index in [4.69, 9.17) is 5.11 Å². The van der Waals surface area contributed by atoms with Crippen molar-refractivity contribution in [1.82, 2.24) is 19.5 Å². The molecule has 4 rings (SSSR count). The molecule has 0 radical (unpaired) electrons. The topological polar surface area (TPSA) is 144 Å². The van der Waals surface area contributed by atoms with Gasteiger partial charge in [0.2, 0.25) is 0 Å². The first kappa shape index (κ1) is 20.6. The van der Waals surface area contributed by atoms with Crippen LogP contribution in [0.5, 0.6) is 0 Å². The normalized spacial score (nSPS) is 12.5. The Hall–Kier alpha value is -3.66. The predicted molar refractivity (Wildman–Crippen MR) is 116 cm³/mol. The van der Waals surface area contributed by atoms with Crippen molar-refractivity contribution < 1.29 is 5.11 Å². The molecule has 0 amide bonds. The number of aromatic nitrogens is 4. The van der Waals surface area contributed by atoms with Gasteiger partial charge in [0, 0.05) is 25.3 Å². The van der Waals surface area contributed by atoms with Gasteiger partial charge >= 0.3 is 11.4 Å². The molecule has 1 aromatic carbocycles. The first-order chi connectivity index (χ1) is 14.9. The lowest BCUT2D eigenvalue weighted by atomic mass is 10.0. The first-order valence-corrected chi connectivity index (χ1v) is 10.2. The Balaban J connectivity index is 1.96. The number of fused-ring (bicyclic) bond motifs is 2. The highest BCUT2D eigenvalue weighted by atomic mass is 16.3. The summed E-state index contributed by atoms with van der Waals surface area (Å²) >= 11 is 0. The molecule has 0 atom stereocenters. The molecular weight excluding hydrogens is 402 g/mol. The molecule has 0 bridgehead atoms. The summed E-state index contributed by atoms with van der Waals surface area (Å²) in [5.74, 6) is 0.434. The minimum Gasteiger partial charge on any atom is -0.396 e. The summed E-state index contributed by atoms with van der Waals surface area (Å²) in [6.07, 6.45) is 1.95. The number of benzene rings is 1. The molecule has 1 aliphatic rings. The maximum atomic E-state index is 13.1. The van der Waals surface area contributed by atoms with E-state index < -0.39 is 22.5 Å². The fraction of sp³-hybridized carbons (Fsp3) is 0.333. The van der Waals surface area contributed by atoms with E-state index in [0.29, 0.717) is 18.5 Å². The number of H-pyrrole nitrogens is 3. The monoisotopic (exact) mass is 425 g/mol. The van der Waals surface area contributed by atoms with Crippen molar-refractivity contribution in [2.24, 2.45) is 0 Å². The third-order valence-electron chi connectivity index (χ3n) is 5.41. The van der Waals surface area contributed by atoms with Crippen molar-refractivity contribution in [3.05, 3.63) is 82.6 Å². The fourth-order valence-corrected chi connectivity index (χ4v) is 3.81. The van der Waals surface area contributed by atoms with Crippen LogP contribution in [0.1, 0.15) is 36.5 Å². The number of aliphatic hydroxyl groups excluding tert-OH is 1. The second-order valence-electron chi connectivity index (χ2n) is 7.46. The molecule has 0 saturated heterocycles. The Bertz CT molecular complexity index is 1350. The van der Waals surface area contributed by atoms with E-state index in [-0.39, 0.29) is 42.3 Å². The maximum absolute atomic E-state index is 13.1. The second-order valence-corrected chi connectivity index (χ2v) is 7.46. The quantitative estimate of drug-likeness (QED) is 0.357. The zero-order valence-corrected chi connectivity index (χ0v) is 17.0. The minimum atomic E-state index is -0.687. The van der Waals surface area contributed by atoms with Crippen LogP contribution in [0.25, 0.3) is 0 Å². The van der Waals surface area contributed by atoms with Gasteiger partial charge in [-0.15, -0.1) is 0 Å². The third-order valence-corrected chi connectivity index (χ3v) is 5.41. The number of aliphatic hydroxyl groups is 1. The molecule has 0 unspecified atom stereocenters. The van der Waals surface area contributed by atoms with E-state index in [1.165, 1.54) is 4.90 Å². The van der Waals surface area contributed by atoms with E-state index in [2.05, 4.69) is 15.0 Å². The second kappa shape index (κ2) is 8.23. The van der Waals surface area contributed by atoms with Crippen LogP contribution in [0, 0.1) is 0 Å². The van der Waals surface area contributed by atoms with Gasteiger partial charge in [0.1, 0.15) is 11.6 Å². The van der Waals surface area contributed by atoms with Crippen LogP contribution in [-0.4, -0.2) is 31.2 Å². The van der Waals surface area contributed by atoms with Gasteiger partial charge in [-0.2, -0.15) is 0 Å². The number of nitrogens with zero attached hydrogens (tertiary/aromatic N) is 2. The van der Waals surface area contributed by atoms with Gasteiger partial charge in [-0.05, 0) is 30.5 Å². The van der Waals surface area contributed by atoms with Crippen LogP contribution in [0.2, 0.25) is 0 Å². The number of aromatic amines is 3. The Morgan fingerprint density at radius 3 is 2.35 bits per heavy atom. The lowest BCUT2D eigenvalue weighted by Crippen LogP contribution is -2.42. The van der Waals surface area contributed by atoms with Crippen molar-refractivity contribution in [2.45, 2.75) is 39.2 Å². The van der Waals surface area contributed by atoms with Crippen LogP contribution >= 0.6 is 0 Å². The Morgan fingerprint density at radius 1 is 0.968 bits per heavy atom. The first-order valence-electron chi connectivity index (χ1n) is 10.2. The number of rotatable bonds is 6. The van der Waals surface area contributed by atoms with Gasteiger partial charge in [-0.1, -0.05) is 25.5 Å². The van der Waals surface area contributed by atoms with Crippen molar-refractivity contribution in [3.63, 3.8) is 0 Å². The highest BCUT2D eigenvalue weighted by Crippen LogP contribution is 2.38. The molecule has 0 aliphatic carbocycles. The number of hydrogen-bond donors (Lipinski definition) is 4. The Kier molecular flexibility index (Phi) is 5.47. The summed E-state index contributed by atoms with van der Waals surface area (Å²) in [6.45, 7) is 2.25. The maximum Gasteiger partial charge on any atom is 0.329 e.